The number of carbonyl (C=O) groups is 1. The van der Waals surface area contributed by atoms with Gasteiger partial charge in [0.05, 0.1) is 0 Å². The second-order valence-corrected chi connectivity index (χ2v) is 7.19. The molecule has 1 aliphatic carbocycles. The average Bonchev–Trinajstić information content (AvgIpc) is 2.72. The van der Waals surface area contributed by atoms with Gasteiger partial charge in [0, 0.05) is 6.04 Å². The highest BCUT2D eigenvalue weighted by atomic mass is 16.4. The Hall–Kier alpha value is -0.570. The van der Waals surface area contributed by atoms with Crippen molar-refractivity contribution in [3.05, 3.63) is 0 Å². The smallest absolute Gasteiger partial charge is 0.323 e. The second kappa shape index (κ2) is 5.82. The van der Waals surface area contributed by atoms with E-state index in [1.807, 2.05) is 6.92 Å². The first-order valence-corrected chi connectivity index (χ1v) is 7.93. The number of hydrogen-bond acceptors (Lipinski definition) is 2. The van der Waals surface area contributed by atoms with Gasteiger partial charge in [0.1, 0.15) is 5.54 Å². The third kappa shape index (κ3) is 3.13. The summed E-state index contributed by atoms with van der Waals surface area (Å²) in [6.07, 6.45) is 8.16. The number of likely N-dealkylation sites (tertiary alicyclic amines) is 1. The fourth-order valence-corrected chi connectivity index (χ4v) is 4.23. The van der Waals surface area contributed by atoms with Crippen molar-refractivity contribution in [2.45, 2.75) is 77.3 Å². The maximum Gasteiger partial charge on any atom is 0.323 e. The maximum atomic E-state index is 11.6. The van der Waals surface area contributed by atoms with Gasteiger partial charge in [-0.15, -0.1) is 0 Å². The molecule has 0 amide bonds. The predicted molar refractivity (Wildman–Crippen MR) is 77.2 cm³/mol. The van der Waals surface area contributed by atoms with E-state index >= 15 is 0 Å². The Morgan fingerprint density at radius 2 is 2.11 bits per heavy atom. The molecule has 2 rings (SSSR count). The van der Waals surface area contributed by atoms with E-state index in [-0.39, 0.29) is 0 Å². The zero-order valence-electron chi connectivity index (χ0n) is 12.7. The fraction of sp³-hybridized carbons (Fsp3) is 0.938. The number of hydrogen-bond donors (Lipinski definition) is 1. The van der Waals surface area contributed by atoms with Crippen molar-refractivity contribution in [1.29, 1.82) is 0 Å². The molecule has 1 saturated heterocycles. The molecule has 1 aliphatic heterocycles. The Morgan fingerprint density at radius 3 is 2.74 bits per heavy atom. The minimum absolute atomic E-state index is 0.501. The SMILES string of the molecule is CC(C)CC1CCCC(N2CCCC2(C)C(=O)O)C1. The molecule has 110 valence electrons. The molecule has 1 N–H and O–H groups in total. The lowest BCUT2D eigenvalue weighted by Gasteiger charge is -2.42. The van der Waals surface area contributed by atoms with Crippen LogP contribution in [0.4, 0.5) is 0 Å². The van der Waals surface area contributed by atoms with E-state index < -0.39 is 11.5 Å². The largest absolute Gasteiger partial charge is 0.480 e. The number of nitrogens with zero attached hydrogens (tertiary/aromatic N) is 1. The summed E-state index contributed by atoms with van der Waals surface area (Å²) >= 11 is 0. The minimum atomic E-state index is -0.629. The van der Waals surface area contributed by atoms with Crippen molar-refractivity contribution >= 4 is 5.97 Å². The van der Waals surface area contributed by atoms with E-state index in [1.165, 1.54) is 32.1 Å². The Labute approximate surface area is 117 Å². The number of rotatable bonds is 4. The van der Waals surface area contributed by atoms with Gasteiger partial charge in [0.15, 0.2) is 0 Å². The number of carboxylic acid groups (broad SMARTS) is 1. The first-order valence-electron chi connectivity index (χ1n) is 7.93. The third-order valence-electron chi connectivity index (χ3n) is 5.16. The predicted octanol–water partition coefficient (Wildman–Crippen LogP) is 3.53. The van der Waals surface area contributed by atoms with Crippen molar-refractivity contribution in [2.24, 2.45) is 11.8 Å². The summed E-state index contributed by atoms with van der Waals surface area (Å²) in [7, 11) is 0. The summed E-state index contributed by atoms with van der Waals surface area (Å²) in [5, 5.41) is 9.54. The molecular weight excluding hydrogens is 238 g/mol. The topological polar surface area (TPSA) is 40.5 Å². The van der Waals surface area contributed by atoms with Crippen LogP contribution in [0.25, 0.3) is 0 Å². The standard InChI is InChI=1S/C16H29NO2/c1-12(2)10-13-6-4-7-14(11-13)17-9-5-8-16(17,3)15(18)19/h12-14H,4-11H2,1-3H3,(H,18,19). The molecule has 1 heterocycles. The highest BCUT2D eigenvalue weighted by molar-refractivity contribution is 5.78. The van der Waals surface area contributed by atoms with Crippen molar-refractivity contribution in [1.82, 2.24) is 4.90 Å². The van der Waals surface area contributed by atoms with Crippen LogP contribution >= 0.6 is 0 Å². The third-order valence-corrected chi connectivity index (χ3v) is 5.16. The van der Waals surface area contributed by atoms with Crippen LogP contribution in [-0.4, -0.2) is 34.1 Å². The monoisotopic (exact) mass is 267 g/mol. The molecular formula is C16H29NO2. The molecule has 3 heteroatoms. The minimum Gasteiger partial charge on any atom is -0.480 e. The summed E-state index contributed by atoms with van der Waals surface area (Å²) in [6.45, 7) is 7.48. The molecule has 0 aromatic carbocycles. The molecule has 3 nitrogen and oxygen atoms in total. The second-order valence-electron chi connectivity index (χ2n) is 7.19. The quantitative estimate of drug-likeness (QED) is 0.847. The molecule has 3 atom stereocenters. The van der Waals surface area contributed by atoms with Crippen LogP contribution in [0.2, 0.25) is 0 Å². The average molecular weight is 267 g/mol. The Kier molecular flexibility index (Phi) is 4.54. The molecule has 0 aromatic heterocycles. The molecule has 0 spiro atoms. The first kappa shape index (κ1) is 14.8. The van der Waals surface area contributed by atoms with E-state index in [9.17, 15) is 9.90 Å². The zero-order chi connectivity index (χ0) is 14.0. The van der Waals surface area contributed by atoms with Crippen LogP contribution in [0.15, 0.2) is 0 Å². The van der Waals surface area contributed by atoms with Gasteiger partial charge in [0.25, 0.3) is 0 Å². The molecule has 1 saturated carbocycles. The van der Waals surface area contributed by atoms with Crippen LogP contribution in [0.5, 0.6) is 0 Å². The van der Waals surface area contributed by atoms with E-state index in [1.54, 1.807) is 0 Å². The molecule has 3 unspecified atom stereocenters. The van der Waals surface area contributed by atoms with Crippen LogP contribution in [0.3, 0.4) is 0 Å². The van der Waals surface area contributed by atoms with Gasteiger partial charge in [0.2, 0.25) is 0 Å². The van der Waals surface area contributed by atoms with Crippen molar-refractivity contribution < 1.29 is 9.90 Å². The maximum absolute atomic E-state index is 11.6. The summed E-state index contributed by atoms with van der Waals surface area (Å²) in [6, 6.07) is 0.501. The number of aliphatic carboxylic acids is 1. The van der Waals surface area contributed by atoms with Gasteiger partial charge in [-0.3, -0.25) is 9.69 Å². The lowest BCUT2D eigenvalue weighted by atomic mass is 9.79. The molecule has 2 aliphatic rings. The van der Waals surface area contributed by atoms with E-state index in [0.717, 1.165) is 31.2 Å². The Balaban J connectivity index is 2.02. The summed E-state index contributed by atoms with van der Waals surface area (Å²) in [4.78, 5) is 13.9. The van der Waals surface area contributed by atoms with Gasteiger partial charge >= 0.3 is 5.97 Å². The lowest BCUT2D eigenvalue weighted by Crippen LogP contribution is -2.53. The van der Waals surface area contributed by atoms with Crippen molar-refractivity contribution in [3.8, 4) is 0 Å². The Bertz CT molecular complexity index is 329. The van der Waals surface area contributed by atoms with Crippen LogP contribution in [0.1, 0.15) is 65.7 Å². The zero-order valence-corrected chi connectivity index (χ0v) is 12.7. The van der Waals surface area contributed by atoms with Gasteiger partial charge < -0.3 is 5.11 Å². The molecule has 2 fully saturated rings. The first-order chi connectivity index (χ1) is 8.93. The van der Waals surface area contributed by atoms with Gasteiger partial charge in [-0.2, -0.15) is 0 Å². The molecule has 0 aromatic rings. The van der Waals surface area contributed by atoms with Crippen LogP contribution < -0.4 is 0 Å². The van der Waals surface area contributed by atoms with E-state index in [4.69, 9.17) is 0 Å². The summed E-state index contributed by atoms with van der Waals surface area (Å²) in [5.74, 6) is 0.932. The fourth-order valence-electron chi connectivity index (χ4n) is 4.23. The van der Waals surface area contributed by atoms with Gasteiger partial charge in [-0.05, 0) is 57.4 Å². The van der Waals surface area contributed by atoms with Gasteiger partial charge in [-0.25, -0.2) is 0 Å². The molecule has 0 bridgehead atoms. The highest BCUT2D eigenvalue weighted by Crippen LogP contribution is 2.39. The van der Waals surface area contributed by atoms with Gasteiger partial charge in [-0.1, -0.05) is 26.7 Å². The van der Waals surface area contributed by atoms with Crippen LogP contribution in [0, 0.1) is 11.8 Å². The normalized spacial score (nSPS) is 36.8. The molecule has 0 radical (unpaired) electrons. The summed E-state index contributed by atoms with van der Waals surface area (Å²) < 4.78 is 0. The Morgan fingerprint density at radius 1 is 1.37 bits per heavy atom. The van der Waals surface area contributed by atoms with E-state index in [0.29, 0.717) is 6.04 Å². The van der Waals surface area contributed by atoms with Crippen LogP contribution in [-0.2, 0) is 4.79 Å². The number of carboxylic acids is 1. The van der Waals surface area contributed by atoms with Crippen molar-refractivity contribution in [2.75, 3.05) is 6.54 Å². The van der Waals surface area contributed by atoms with Crippen molar-refractivity contribution in [3.63, 3.8) is 0 Å². The van der Waals surface area contributed by atoms with E-state index in [2.05, 4.69) is 18.7 Å². The lowest BCUT2D eigenvalue weighted by molar-refractivity contribution is -0.150. The highest BCUT2D eigenvalue weighted by Gasteiger charge is 2.46. The molecule has 19 heavy (non-hydrogen) atoms. The summed E-state index contributed by atoms with van der Waals surface area (Å²) in [5.41, 5.74) is -0.607.